The van der Waals surface area contributed by atoms with E-state index in [4.69, 9.17) is 5.73 Å². The summed E-state index contributed by atoms with van der Waals surface area (Å²) in [7, 11) is 0. The van der Waals surface area contributed by atoms with Gasteiger partial charge in [-0.3, -0.25) is 23.9 Å². The smallest absolute Gasteiger partial charge is 0.269 e. The van der Waals surface area contributed by atoms with Crippen molar-refractivity contribution in [2.75, 3.05) is 18.0 Å². The lowest BCUT2D eigenvalue weighted by molar-refractivity contribution is -0.138. The molecule has 42 heavy (non-hydrogen) atoms. The van der Waals surface area contributed by atoms with Crippen LogP contribution in [0.15, 0.2) is 54.9 Å². The van der Waals surface area contributed by atoms with Crippen LogP contribution in [0, 0.1) is 0 Å². The maximum atomic E-state index is 14.7. The number of nitrogens with zero attached hydrogens (tertiary/aromatic N) is 6. The number of alkyl halides is 1. The summed E-state index contributed by atoms with van der Waals surface area (Å²) < 4.78 is 16.1. The van der Waals surface area contributed by atoms with Crippen LogP contribution in [0.2, 0.25) is 0 Å². The minimum atomic E-state index is -1.39. The molecular weight excluding hydrogens is 543 g/mol. The normalized spacial score (nSPS) is 17.8. The molecule has 0 bridgehead atoms. The molecule has 4 aromatic rings. The summed E-state index contributed by atoms with van der Waals surface area (Å²) >= 11 is 0. The summed E-state index contributed by atoms with van der Waals surface area (Å²) in [6.07, 6.45) is 1.58. The number of halogens is 1. The largest absolute Gasteiger partial charge is 0.364 e. The number of benzene rings is 2. The summed E-state index contributed by atoms with van der Waals surface area (Å²) in [4.78, 5) is 54.4. The molecule has 0 saturated carbocycles. The highest BCUT2D eigenvalue weighted by atomic mass is 19.1. The molecule has 0 unspecified atom stereocenters. The second kappa shape index (κ2) is 10.7. The van der Waals surface area contributed by atoms with Crippen molar-refractivity contribution >= 4 is 40.2 Å². The fourth-order valence-electron chi connectivity index (χ4n) is 5.65. The molecule has 2 aromatic carbocycles. The van der Waals surface area contributed by atoms with Gasteiger partial charge in [0.1, 0.15) is 18.8 Å². The van der Waals surface area contributed by atoms with Crippen LogP contribution in [0.25, 0.3) is 22.0 Å². The number of aromatic nitrogens is 4. The summed E-state index contributed by atoms with van der Waals surface area (Å²) in [6, 6.07) is 11.1. The highest BCUT2D eigenvalue weighted by Crippen LogP contribution is 2.29. The second-order valence-corrected chi connectivity index (χ2v) is 10.2. The lowest BCUT2D eigenvalue weighted by Gasteiger charge is -2.29. The van der Waals surface area contributed by atoms with Gasteiger partial charge in [0, 0.05) is 41.7 Å². The van der Waals surface area contributed by atoms with Crippen molar-refractivity contribution in [1.82, 2.24) is 30.2 Å². The number of rotatable bonds is 7. The molecule has 3 N–H and O–H groups in total. The zero-order chi connectivity index (χ0) is 29.5. The van der Waals surface area contributed by atoms with Gasteiger partial charge in [0.05, 0.1) is 24.5 Å². The van der Waals surface area contributed by atoms with Crippen molar-refractivity contribution in [3.63, 3.8) is 0 Å². The fourth-order valence-corrected chi connectivity index (χ4v) is 5.65. The summed E-state index contributed by atoms with van der Waals surface area (Å²) in [6.45, 7) is 1.87. The number of hydrogen-bond acceptors (Lipinski definition) is 7. The van der Waals surface area contributed by atoms with Crippen LogP contribution in [0.3, 0.4) is 0 Å². The third-order valence-corrected chi connectivity index (χ3v) is 7.71. The second-order valence-electron chi connectivity index (χ2n) is 10.2. The SMILES string of the molecule is CCN(C(=O)[C@@H]1C[C@@H](F)CN1C(=O)Cn1nc(C(N)=O)c2cc(-c3ccnnc3)ccc21)c1ccc2c(c1)C(=O)NC2. The van der Waals surface area contributed by atoms with Crippen molar-refractivity contribution < 1.29 is 23.6 Å². The van der Waals surface area contributed by atoms with Crippen molar-refractivity contribution in [1.29, 1.82) is 0 Å². The zero-order valence-corrected chi connectivity index (χ0v) is 22.7. The van der Waals surface area contributed by atoms with Crippen LogP contribution in [0.1, 0.15) is 39.8 Å². The maximum Gasteiger partial charge on any atom is 0.269 e. The van der Waals surface area contributed by atoms with E-state index in [1.165, 1.54) is 14.5 Å². The average Bonchev–Trinajstić information content (AvgIpc) is 3.68. The number of anilines is 1. The molecule has 0 aliphatic carbocycles. The predicted octanol–water partition coefficient (Wildman–Crippen LogP) is 1.83. The number of amides is 4. The van der Waals surface area contributed by atoms with Gasteiger partial charge in [0.25, 0.3) is 11.8 Å². The number of carbonyl (C=O) groups excluding carboxylic acids is 4. The van der Waals surface area contributed by atoms with Gasteiger partial charge in [-0.05, 0) is 48.4 Å². The minimum Gasteiger partial charge on any atom is -0.364 e. The number of likely N-dealkylation sites (N-methyl/N-ethyl adjacent to an activating group) is 1. The van der Waals surface area contributed by atoms with E-state index in [1.807, 2.05) is 0 Å². The van der Waals surface area contributed by atoms with Gasteiger partial charge in [-0.2, -0.15) is 15.3 Å². The quantitative estimate of drug-likeness (QED) is 0.343. The molecule has 4 heterocycles. The Morgan fingerprint density at radius 3 is 2.69 bits per heavy atom. The van der Waals surface area contributed by atoms with Crippen molar-refractivity contribution in [3.8, 4) is 11.1 Å². The van der Waals surface area contributed by atoms with Crippen molar-refractivity contribution in [2.45, 2.75) is 38.6 Å². The number of nitrogens with one attached hydrogen (secondary N) is 1. The number of hydrogen-bond donors (Lipinski definition) is 2. The van der Waals surface area contributed by atoms with Crippen molar-refractivity contribution in [2.24, 2.45) is 5.73 Å². The summed E-state index contributed by atoms with van der Waals surface area (Å²) in [5.74, 6) is -1.96. The molecule has 0 radical (unpaired) electrons. The third-order valence-electron chi connectivity index (χ3n) is 7.71. The minimum absolute atomic E-state index is 0.0168. The first-order valence-electron chi connectivity index (χ1n) is 13.5. The van der Waals surface area contributed by atoms with Crippen LogP contribution < -0.4 is 16.0 Å². The Bertz CT molecular complexity index is 1740. The van der Waals surface area contributed by atoms with Gasteiger partial charge in [0.15, 0.2) is 5.69 Å². The number of nitrogens with two attached hydrogens (primary N) is 1. The Morgan fingerprint density at radius 2 is 1.95 bits per heavy atom. The van der Waals surface area contributed by atoms with Gasteiger partial charge in [0.2, 0.25) is 11.8 Å². The summed E-state index contributed by atoms with van der Waals surface area (Å²) in [5.41, 5.74) is 9.40. The molecule has 13 heteroatoms. The van der Waals surface area contributed by atoms with E-state index >= 15 is 0 Å². The van der Waals surface area contributed by atoms with Crippen LogP contribution >= 0.6 is 0 Å². The van der Waals surface area contributed by atoms with Crippen LogP contribution in [0.4, 0.5) is 10.1 Å². The van der Waals surface area contributed by atoms with E-state index in [0.29, 0.717) is 28.7 Å². The van der Waals surface area contributed by atoms with Gasteiger partial charge in [-0.25, -0.2) is 4.39 Å². The Kier molecular flexibility index (Phi) is 6.85. The van der Waals surface area contributed by atoms with E-state index < -0.39 is 29.9 Å². The molecule has 2 aliphatic rings. The van der Waals surface area contributed by atoms with Crippen LogP contribution in [0.5, 0.6) is 0 Å². The van der Waals surface area contributed by atoms with Gasteiger partial charge < -0.3 is 20.9 Å². The summed E-state index contributed by atoms with van der Waals surface area (Å²) in [5, 5.41) is 15.2. The Morgan fingerprint density at radius 1 is 1.12 bits per heavy atom. The topological polar surface area (TPSA) is 156 Å². The van der Waals surface area contributed by atoms with Gasteiger partial charge in [-0.1, -0.05) is 12.1 Å². The van der Waals surface area contributed by atoms with E-state index in [0.717, 1.165) is 16.7 Å². The van der Waals surface area contributed by atoms with Crippen LogP contribution in [-0.2, 0) is 22.7 Å². The monoisotopic (exact) mass is 570 g/mol. The first kappa shape index (κ1) is 27.0. The molecule has 6 rings (SSSR count). The standard InChI is InChI=1S/C29H27FN8O4/c1-2-36(20-5-3-18-12-32-28(41)21(18)11-20)29(42)24-10-19(30)14-37(24)25(39)15-38-23-6-4-16(17-7-8-33-34-13-17)9-22(23)26(35-38)27(31)40/h3-9,11,13,19,24H,2,10,12,14-15H2,1H3,(H2,31,40)(H,32,41)/t19-,24+/m1/s1. The lowest BCUT2D eigenvalue weighted by Crippen LogP contribution is -2.49. The molecule has 1 saturated heterocycles. The zero-order valence-electron chi connectivity index (χ0n) is 22.7. The lowest BCUT2D eigenvalue weighted by atomic mass is 10.0. The highest BCUT2D eigenvalue weighted by Gasteiger charge is 2.42. The number of carbonyl (C=O) groups is 4. The Balaban J connectivity index is 1.28. The fraction of sp³-hybridized carbons (Fsp3) is 0.276. The Hall–Kier alpha value is -5.20. The molecule has 1 fully saturated rings. The Labute approximate surface area is 239 Å². The molecule has 214 valence electrons. The average molecular weight is 571 g/mol. The molecule has 12 nitrogen and oxygen atoms in total. The van der Waals surface area contributed by atoms with Crippen LogP contribution in [-0.4, -0.2) is 73.8 Å². The molecule has 2 aromatic heterocycles. The first-order chi connectivity index (χ1) is 20.2. The molecule has 0 spiro atoms. The van der Waals surface area contributed by atoms with Gasteiger partial charge in [-0.15, -0.1) is 0 Å². The first-order valence-corrected chi connectivity index (χ1v) is 13.5. The molecule has 2 aliphatic heterocycles. The van der Waals surface area contributed by atoms with E-state index in [-0.39, 0.29) is 37.7 Å². The van der Waals surface area contributed by atoms with E-state index in [1.54, 1.807) is 61.8 Å². The van der Waals surface area contributed by atoms with Crippen molar-refractivity contribution in [3.05, 3.63) is 71.7 Å². The molecule has 4 amide bonds. The number of fused-ring (bicyclic) bond motifs is 2. The third kappa shape index (κ3) is 4.72. The number of primary amides is 1. The number of likely N-dealkylation sites (tertiary alicyclic amines) is 1. The maximum absolute atomic E-state index is 14.7. The predicted molar refractivity (Wildman–Crippen MR) is 150 cm³/mol. The molecular formula is C29H27FN8O4. The van der Waals surface area contributed by atoms with Gasteiger partial charge >= 0.3 is 0 Å². The molecule has 2 atom stereocenters. The highest BCUT2D eigenvalue weighted by molar-refractivity contribution is 6.06. The van der Waals surface area contributed by atoms with E-state index in [2.05, 4.69) is 20.6 Å². The van der Waals surface area contributed by atoms with E-state index in [9.17, 15) is 23.6 Å².